The summed E-state index contributed by atoms with van der Waals surface area (Å²) >= 11 is 3.11. The van der Waals surface area contributed by atoms with Gasteiger partial charge in [-0.3, -0.25) is 30.6 Å². The molecule has 0 saturated heterocycles. The van der Waals surface area contributed by atoms with Crippen molar-refractivity contribution < 1.29 is 14.5 Å². The summed E-state index contributed by atoms with van der Waals surface area (Å²) < 4.78 is 0. The lowest BCUT2D eigenvalue weighted by atomic mass is 10.2. The molecule has 2 amide bonds. The molecule has 0 aromatic heterocycles. The zero-order valence-corrected chi connectivity index (χ0v) is 11.6. The molecule has 0 saturated carbocycles. The number of carbonyl (C=O) groups is 2. The van der Waals surface area contributed by atoms with Crippen LogP contribution in [-0.4, -0.2) is 21.6 Å². The van der Waals surface area contributed by atoms with Crippen molar-refractivity contribution in [3.05, 3.63) is 39.9 Å². The number of carbonyl (C=O) groups excluding carboxylic acids is 2. The highest BCUT2D eigenvalue weighted by molar-refractivity contribution is 9.10. The average Bonchev–Trinajstić information content (AvgIpc) is 2.43. The number of nitrogens with one attached hydrogen (secondary N) is 2. The fourth-order valence-electron chi connectivity index (χ4n) is 1.27. The lowest BCUT2D eigenvalue weighted by molar-refractivity contribution is -0.385. The second-order valence-corrected chi connectivity index (χ2v) is 4.70. The molecule has 102 valence electrons. The number of hydrogen-bond acceptors (Lipinski definition) is 4. The molecule has 19 heavy (non-hydrogen) atoms. The van der Waals surface area contributed by atoms with Crippen LogP contribution in [0.25, 0.3) is 0 Å². The van der Waals surface area contributed by atoms with Crippen LogP contribution in [0.5, 0.6) is 0 Å². The summed E-state index contributed by atoms with van der Waals surface area (Å²) in [5.41, 5.74) is 3.89. The van der Waals surface area contributed by atoms with Gasteiger partial charge in [0.25, 0.3) is 17.5 Å². The number of alkyl halides is 1. The molecule has 2 N–H and O–H groups in total. The molecule has 0 heterocycles. The highest BCUT2D eigenvalue weighted by Crippen LogP contribution is 2.16. The normalized spacial score (nSPS) is 11.5. The molecule has 8 heteroatoms. The third-order valence-corrected chi connectivity index (χ3v) is 3.35. The van der Waals surface area contributed by atoms with Crippen molar-refractivity contribution in [3.63, 3.8) is 0 Å². The van der Waals surface area contributed by atoms with Gasteiger partial charge in [-0.1, -0.05) is 35.0 Å². The van der Waals surface area contributed by atoms with Gasteiger partial charge in [0.2, 0.25) is 0 Å². The molecule has 0 fully saturated rings. The molecule has 1 unspecified atom stereocenters. The highest BCUT2D eigenvalue weighted by atomic mass is 79.9. The van der Waals surface area contributed by atoms with E-state index in [1.54, 1.807) is 6.92 Å². The molecule has 1 aromatic rings. The summed E-state index contributed by atoms with van der Waals surface area (Å²) in [7, 11) is 0. The molecule has 0 spiro atoms. The van der Waals surface area contributed by atoms with Gasteiger partial charge in [-0.25, -0.2) is 0 Å². The summed E-state index contributed by atoms with van der Waals surface area (Å²) in [6, 6.07) is 5.49. The number of nitrogens with zero attached hydrogens (tertiary/aromatic N) is 1. The van der Waals surface area contributed by atoms with Crippen molar-refractivity contribution in [2.45, 2.75) is 18.2 Å². The summed E-state index contributed by atoms with van der Waals surface area (Å²) in [4.78, 5) is 32.8. The van der Waals surface area contributed by atoms with E-state index < -0.39 is 21.6 Å². The minimum atomic E-state index is -0.739. The maximum atomic E-state index is 11.7. The highest BCUT2D eigenvalue weighted by Gasteiger charge is 2.20. The zero-order chi connectivity index (χ0) is 14.4. The van der Waals surface area contributed by atoms with Gasteiger partial charge in [0, 0.05) is 6.07 Å². The van der Waals surface area contributed by atoms with Crippen LogP contribution < -0.4 is 10.9 Å². The minimum absolute atomic E-state index is 0.115. The van der Waals surface area contributed by atoms with E-state index in [1.807, 2.05) is 0 Å². The number of rotatable bonds is 4. The number of hydrogen-bond donors (Lipinski definition) is 2. The Bertz CT molecular complexity index is 506. The predicted octanol–water partition coefficient (Wildman–Crippen LogP) is 1.53. The second kappa shape index (κ2) is 6.83. The summed E-state index contributed by atoms with van der Waals surface area (Å²) in [5, 5.41) is 10.7. The van der Waals surface area contributed by atoms with E-state index in [9.17, 15) is 19.7 Å². The first-order valence-electron chi connectivity index (χ1n) is 5.45. The van der Waals surface area contributed by atoms with Crippen molar-refractivity contribution in [1.29, 1.82) is 0 Å². The van der Waals surface area contributed by atoms with E-state index in [0.717, 1.165) is 0 Å². The Morgan fingerprint density at radius 3 is 2.58 bits per heavy atom. The summed E-state index contributed by atoms with van der Waals surface area (Å²) in [6.45, 7) is 1.79. The molecule has 0 aliphatic heterocycles. The Morgan fingerprint density at radius 2 is 2.00 bits per heavy atom. The van der Waals surface area contributed by atoms with Crippen LogP contribution in [0.4, 0.5) is 5.69 Å². The molecule has 0 bridgehead atoms. The minimum Gasteiger partial charge on any atom is -0.272 e. The van der Waals surface area contributed by atoms with Crippen molar-refractivity contribution in [3.8, 4) is 0 Å². The Balaban J connectivity index is 2.74. The van der Waals surface area contributed by atoms with E-state index in [4.69, 9.17) is 0 Å². The molecular weight excluding hydrogens is 318 g/mol. The quantitative estimate of drug-likeness (QED) is 0.496. The second-order valence-electron chi connectivity index (χ2n) is 3.59. The molecule has 1 rings (SSSR count). The van der Waals surface area contributed by atoms with Gasteiger partial charge in [-0.2, -0.15) is 0 Å². The van der Waals surface area contributed by atoms with E-state index in [2.05, 4.69) is 26.8 Å². The van der Waals surface area contributed by atoms with Crippen LogP contribution in [0, 0.1) is 10.1 Å². The third-order valence-electron chi connectivity index (χ3n) is 2.29. The van der Waals surface area contributed by atoms with Crippen LogP contribution >= 0.6 is 15.9 Å². The summed E-state index contributed by atoms with van der Waals surface area (Å²) in [6.07, 6.45) is 0.549. The third kappa shape index (κ3) is 4.02. The van der Waals surface area contributed by atoms with E-state index >= 15 is 0 Å². The number of halogens is 1. The van der Waals surface area contributed by atoms with Gasteiger partial charge in [0.15, 0.2) is 0 Å². The zero-order valence-electron chi connectivity index (χ0n) is 10.1. The fourth-order valence-corrected chi connectivity index (χ4v) is 1.39. The average molecular weight is 330 g/mol. The molecular formula is C11H12BrN3O4. The smallest absolute Gasteiger partial charge is 0.272 e. The van der Waals surface area contributed by atoms with Crippen molar-refractivity contribution in [1.82, 2.24) is 10.9 Å². The molecule has 7 nitrogen and oxygen atoms in total. The number of nitro groups is 1. The number of para-hydroxylation sites is 1. The van der Waals surface area contributed by atoms with Crippen molar-refractivity contribution in [2.24, 2.45) is 0 Å². The van der Waals surface area contributed by atoms with Gasteiger partial charge >= 0.3 is 0 Å². The van der Waals surface area contributed by atoms with Crippen molar-refractivity contribution in [2.75, 3.05) is 0 Å². The Hall–Kier alpha value is -1.96. The van der Waals surface area contributed by atoms with E-state index in [0.29, 0.717) is 6.42 Å². The standard InChI is InChI=1S/C11H12BrN3O4/c1-2-8(12)11(17)14-13-10(16)7-5-3-4-6-9(7)15(18)19/h3-6,8H,2H2,1H3,(H,13,16)(H,14,17). The van der Waals surface area contributed by atoms with Crippen LogP contribution in [0.15, 0.2) is 24.3 Å². The lowest BCUT2D eigenvalue weighted by Crippen LogP contribution is -2.44. The first-order valence-corrected chi connectivity index (χ1v) is 6.36. The lowest BCUT2D eigenvalue weighted by Gasteiger charge is -2.10. The maximum Gasteiger partial charge on any atom is 0.282 e. The first-order chi connectivity index (χ1) is 8.97. The molecule has 1 aromatic carbocycles. The van der Waals surface area contributed by atoms with Crippen LogP contribution in [0.3, 0.4) is 0 Å². The molecule has 1 atom stereocenters. The number of hydrazine groups is 1. The Kier molecular flexibility index (Phi) is 5.43. The van der Waals surface area contributed by atoms with Crippen LogP contribution in [0.1, 0.15) is 23.7 Å². The van der Waals surface area contributed by atoms with Crippen LogP contribution in [-0.2, 0) is 4.79 Å². The predicted molar refractivity (Wildman–Crippen MR) is 71.7 cm³/mol. The first kappa shape index (κ1) is 15.1. The molecule has 0 radical (unpaired) electrons. The topological polar surface area (TPSA) is 101 Å². The SMILES string of the molecule is CCC(Br)C(=O)NNC(=O)c1ccccc1[N+](=O)[O-]. The van der Waals surface area contributed by atoms with Gasteiger partial charge in [0.1, 0.15) is 5.56 Å². The van der Waals surface area contributed by atoms with Gasteiger partial charge < -0.3 is 0 Å². The number of amides is 2. The van der Waals surface area contributed by atoms with Gasteiger partial charge in [0.05, 0.1) is 9.75 Å². The van der Waals surface area contributed by atoms with Gasteiger partial charge in [-0.15, -0.1) is 0 Å². The maximum absolute atomic E-state index is 11.7. The fraction of sp³-hybridized carbons (Fsp3) is 0.273. The number of nitro benzene ring substituents is 1. The molecule has 0 aliphatic carbocycles. The number of benzene rings is 1. The van der Waals surface area contributed by atoms with Crippen molar-refractivity contribution >= 4 is 33.4 Å². The van der Waals surface area contributed by atoms with E-state index in [1.165, 1.54) is 24.3 Å². The monoisotopic (exact) mass is 329 g/mol. The summed E-state index contributed by atoms with van der Waals surface area (Å²) in [5.74, 6) is -1.16. The van der Waals surface area contributed by atoms with Gasteiger partial charge in [-0.05, 0) is 12.5 Å². The van der Waals surface area contributed by atoms with E-state index in [-0.39, 0.29) is 11.3 Å². The van der Waals surface area contributed by atoms with Crippen LogP contribution in [0.2, 0.25) is 0 Å². The Morgan fingerprint density at radius 1 is 1.37 bits per heavy atom. The Labute approximate surface area is 117 Å². The largest absolute Gasteiger partial charge is 0.282 e. The molecule has 0 aliphatic rings.